The maximum absolute atomic E-state index is 13.1. The summed E-state index contributed by atoms with van der Waals surface area (Å²) in [5, 5.41) is 0.411. The Kier molecular flexibility index (Phi) is 6.57. The van der Waals surface area contributed by atoms with Crippen molar-refractivity contribution in [2.24, 2.45) is 0 Å². The second-order valence-corrected chi connectivity index (χ2v) is 7.35. The van der Waals surface area contributed by atoms with Gasteiger partial charge in [0.2, 0.25) is 0 Å². The molecule has 0 bridgehead atoms. The Morgan fingerprint density at radius 3 is 2.58 bits per heavy atom. The van der Waals surface area contributed by atoms with Gasteiger partial charge in [0, 0.05) is 6.42 Å². The number of ether oxygens (including phenoxy) is 4. The molecule has 0 saturated heterocycles. The molecule has 0 amide bonds. The molecule has 0 saturated carbocycles. The van der Waals surface area contributed by atoms with E-state index in [0.717, 1.165) is 12.0 Å². The molecular formula is C24H20ClFO5. The molecule has 0 aliphatic carbocycles. The fourth-order valence-electron chi connectivity index (χ4n) is 3.10. The number of hydrogen-bond acceptors (Lipinski definition) is 5. The predicted octanol–water partition coefficient (Wildman–Crippen LogP) is 5.58. The smallest absolute Gasteiger partial charge is 0.342 e. The van der Waals surface area contributed by atoms with Gasteiger partial charge in [-0.05, 0) is 47.5 Å². The molecule has 0 fully saturated rings. The van der Waals surface area contributed by atoms with Crippen LogP contribution >= 0.6 is 11.6 Å². The van der Waals surface area contributed by atoms with Crippen molar-refractivity contribution in [1.29, 1.82) is 0 Å². The number of halogens is 2. The highest BCUT2D eigenvalue weighted by molar-refractivity contribution is 6.32. The van der Waals surface area contributed by atoms with E-state index in [9.17, 15) is 9.18 Å². The van der Waals surface area contributed by atoms with Gasteiger partial charge in [-0.2, -0.15) is 0 Å². The van der Waals surface area contributed by atoms with Crippen LogP contribution in [-0.2, 0) is 18.0 Å². The first-order valence-electron chi connectivity index (χ1n) is 9.81. The Hall–Kier alpha value is -3.25. The average molecular weight is 443 g/mol. The fourth-order valence-corrected chi connectivity index (χ4v) is 3.38. The summed E-state index contributed by atoms with van der Waals surface area (Å²) in [6.07, 6.45) is 0.768. The first-order valence-corrected chi connectivity index (χ1v) is 10.2. The third-order valence-electron chi connectivity index (χ3n) is 4.65. The van der Waals surface area contributed by atoms with Gasteiger partial charge in [-0.25, -0.2) is 9.18 Å². The maximum atomic E-state index is 13.1. The normalized spacial score (nSPS) is 12.7. The van der Waals surface area contributed by atoms with Crippen LogP contribution in [0.3, 0.4) is 0 Å². The molecule has 3 aromatic rings. The van der Waals surface area contributed by atoms with Crippen LogP contribution in [0.25, 0.3) is 0 Å². The van der Waals surface area contributed by atoms with Gasteiger partial charge in [0.05, 0.1) is 18.2 Å². The van der Waals surface area contributed by atoms with Gasteiger partial charge in [-0.3, -0.25) is 0 Å². The monoisotopic (exact) mass is 442 g/mol. The SMILES string of the molecule is O=C(OCc1cc(Cl)c2c(c1)OCCCO2)c1ccccc1OCc1ccc(F)cc1. The van der Waals surface area contributed by atoms with Crippen molar-refractivity contribution in [3.8, 4) is 17.2 Å². The van der Waals surface area contributed by atoms with Crippen LogP contribution in [0.1, 0.15) is 27.9 Å². The van der Waals surface area contributed by atoms with Gasteiger partial charge in [-0.1, -0.05) is 35.9 Å². The van der Waals surface area contributed by atoms with Crippen LogP contribution in [0.4, 0.5) is 4.39 Å². The number of carbonyl (C=O) groups excluding carboxylic acids is 1. The van der Waals surface area contributed by atoms with Crippen molar-refractivity contribution in [2.75, 3.05) is 13.2 Å². The van der Waals surface area contributed by atoms with Crippen LogP contribution in [0.5, 0.6) is 17.2 Å². The fraction of sp³-hybridized carbons (Fsp3) is 0.208. The molecule has 1 heterocycles. The lowest BCUT2D eigenvalue weighted by atomic mass is 10.2. The van der Waals surface area contributed by atoms with Gasteiger partial charge in [-0.15, -0.1) is 0 Å². The van der Waals surface area contributed by atoms with Gasteiger partial charge in [0.15, 0.2) is 11.5 Å². The molecule has 0 N–H and O–H groups in total. The predicted molar refractivity (Wildman–Crippen MR) is 113 cm³/mol. The summed E-state index contributed by atoms with van der Waals surface area (Å²) in [5.74, 6) is 0.585. The zero-order valence-electron chi connectivity index (χ0n) is 16.6. The van der Waals surface area contributed by atoms with Crippen molar-refractivity contribution < 1.29 is 28.1 Å². The quantitative estimate of drug-likeness (QED) is 0.467. The summed E-state index contributed by atoms with van der Waals surface area (Å²) in [7, 11) is 0. The lowest BCUT2D eigenvalue weighted by Gasteiger charge is -2.13. The first-order chi connectivity index (χ1) is 15.1. The topological polar surface area (TPSA) is 54.0 Å². The van der Waals surface area contributed by atoms with Gasteiger partial charge >= 0.3 is 5.97 Å². The Balaban J connectivity index is 1.43. The zero-order valence-corrected chi connectivity index (χ0v) is 17.4. The first kappa shape index (κ1) is 21.0. The molecule has 160 valence electrons. The number of para-hydroxylation sites is 1. The summed E-state index contributed by atoms with van der Waals surface area (Å²) < 4.78 is 35.6. The van der Waals surface area contributed by atoms with Crippen LogP contribution in [0.2, 0.25) is 5.02 Å². The van der Waals surface area contributed by atoms with Crippen molar-refractivity contribution in [3.63, 3.8) is 0 Å². The standard InChI is InChI=1S/C24H20ClFO5/c25-20-12-17(13-22-23(20)29-11-3-10-28-22)15-31-24(27)19-4-1-2-5-21(19)30-14-16-6-8-18(26)9-7-16/h1-2,4-9,12-13H,3,10-11,14-15H2. The van der Waals surface area contributed by atoms with Crippen LogP contribution < -0.4 is 14.2 Å². The van der Waals surface area contributed by atoms with E-state index in [4.69, 9.17) is 30.5 Å². The minimum absolute atomic E-state index is 0.0154. The molecular weight excluding hydrogens is 423 g/mol. The Bertz CT molecular complexity index is 1070. The van der Waals surface area contributed by atoms with Crippen LogP contribution in [0.15, 0.2) is 60.7 Å². The minimum Gasteiger partial charge on any atom is -0.489 e. The van der Waals surface area contributed by atoms with E-state index in [0.29, 0.717) is 46.6 Å². The van der Waals surface area contributed by atoms with E-state index >= 15 is 0 Å². The molecule has 0 spiro atoms. The summed E-state index contributed by atoms with van der Waals surface area (Å²) >= 11 is 6.30. The average Bonchev–Trinajstić information content (AvgIpc) is 3.03. The number of esters is 1. The van der Waals surface area contributed by atoms with Crippen molar-refractivity contribution in [1.82, 2.24) is 0 Å². The van der Waals surface area contributed by atoms with E-state index in [1.165, 1.54) is 12.1 Å². The lowest BCUT2D eigenvalue weighted by molar-refractivity contribution is 0.0467. The Morgan fingerprint density at radius 1 is 0.968 bits per heavy atom. The lowest BCUT2D eigenvalue weighted by Crippen LogP contribution is -2.08. The molecule has 3 aromatic carbocycles. The van der Waals surface area contributed by atoms with Gasteiger partial charge in [0.1, 0.15) is 30.3 Å². The van der Waals surface area contributed by atoms with E-state index in [-0.39, 0.29) is 19.0 Å². The number of carbonyl (C=O) groups is 1. The molecule has 0 radical (unpaired) electrons. The van der Waals surface area contributed by atoms with Crippen molar-refractivity contribution in [3.05, 3.63) is 88.2 Å². The molecule has 31 heavy (non-hydrogen) atoms. The van der Waals surface area contributed by atoms with Crippen molar-refractivity contribution >= 4 is 17.6 Å². The summed E-state index contributed by atoms with van der Waals surface area (Å²) in [6, 6.07) is 16.2. The Morgan fingerprint density at radius 2 is 1.74 bits per heavy atom. The third-order valence-corrected chi connectivity index (χ3v) is 4.93. The molecule has 0 aromatic heterocycles. The van der Waals surface area contributed by atoms with Crippen LogP contribution in [0, 0.1) is 5.82 Å². The molecule has 7 heteroatoms. The molecule has 0 atom stereocenters. The second kappa shape index (κ2) is 9.71. The van der Waals surface area contributed by atoms with Crippen LogP contribution in [-0.4, -0.2) is 19.2 Å². The minimum atomic E-state index is -0.530. The number of fused-ring (bicyclic) bond motifs is 1. The molecule has 1 aliphatic heterocycles. The maximum Gasteiger partial charge on any atom is 0.342 e. The third kappa shape index (κ3) is 5.27. The van der Waals surface area contributed by atoms with E-state index in [1.54, 1.807) is 48.5 Å². The summed E-state index contributed by atoms with van der Waals surface area (Å²) in [5.41, 5.74) is 1.77. The second-order valence-electron chi connectivity index (χ2n) is 6.94. The largest absolute Gasteiger partial charge is 0.489 e. The zero-order chi connectivity index (χ0) is 21.6. The number of rotatable bonds is 6. The van der Waals surface area contributed by atoms with E-state index in [2.05, 4.69) is 0 Å². The summed E-state index contributed by atoms with van der Waals surface area (Å²) in [6.45, 7) is 1.28. The molecule has 4 rings (SSSR count). The highest BCUT2D eigenvalue weighted by atomic mass is 35.5. The highest BCUT2D eigenvalue weighted by Crippen LogP contribution is 2.38. The highest BCUT2D eigenvalue weighted by Gasteiger charge is 2.18. The summed E-state index contributed by atoms with van der Waals surface area (Å²) in [4.78, 5) is 12.7. The molecule has 5 nitrogen and oxygen atoms in total. The number of benzene rings is 3. The van der Waals surface area contributed by atoms with E-state index < -0.39 is 5.97 Å². The number of hydrogen-bond donors (Lipinski definition) is 0. The van der Waals surface area contributed by atoms with Crippen molar-refractivity contribution in [2.45, 2.75) is 19.6 Å². The molecule has 0 unspecified atom stereocenters. The van der Waals surface area contributed by atoms with Gasteiger partial charge < -0.3 is 18.9 Å². The van der Waals surface area contributed by atoms with Gasteiger partial charge in [0.25, 0.3) is 0 Å². The Labute approximate surface area is 184 Å². The van der Waals surface area contributed by atoms with E-state index in [1.807, 2.05) is 0 Å². The molecule has 1 aliphatic rings.